The van der Waals surface area contributed by atoms with Crippen LogP contribution >= 0.6 is 0 Å². The van der Waals surface area contributed by atoms with Gasteiger partial charge in [-0.15, -0.1) is 0 Å². The summed E-state index contributed by atoms with van der Waals surface area (Å²) in [5, 5.41) is 2.37. The Hall–Kier alpha value is -2.88. The number of piperidine rings is 1. The van der Waals surface area contributed by atoms with Gasteiger partial charge in [-0.05, 0) is 66.3 Å². The van der Waals surface area contributed by atoms with E-state index in [1.165, 1.54) is 41.6 Å². The van der Waals surface area contributed by atoms with Crippen molar-refractivity contribution in [3.05, 3.63) is 71.5 Å². The third-order valence-corrected chi connectivity index (χ3v) is 7.32. The Morgan fingerprint density at radius 2 is 1.93 bits per heavy atom. The SMILES string of the molecule is O=C(c1ccc2c(N3CCc4ncccc4C3)cccc2c1)N1CCCC2(CC2)C1. The van der Waals surface area contributed by atoms with Gasteiger partial charge in [0.05, 0.1) is 0 Å². The van der Waals surface area contributed by atoms with E-state index >= 15 is 0 Å². The Balaban J connectivity index is 1.29. The normalized spacial score (nSPS) is 19.7. The second-order valence-corrected chi connectivity index (χ2v) is 9.32. The van der Waals surface area contributed by atoms with Crippen LogP contribution < -0.4 is 4.90 Å². The van der Waals surface area contributed by atoms with Crippen LogP contribution in [0.2, 0.25) is 0 Å². The van der Waals surface area contributed by atoms with Crippen LogP contribution in [0.15, 0.2) is 54.7 Å². The predicted molar refractivity (Wildman–Crippen MR) is 120 cm³/mol. The lowest BCUT2D eigenvalue weighted by Crippen LogP contribution is -2.40. The van der Waals surface area contributed by atoms with Gasteiger partial charge in [0.2, 0.25) is 0 Å². The molecule has 1 saturated carbocycles. The van der Waals surface area contributed by atoms with Gasteiger partial charge in [-0.2, -0.15) is 0 Å². The van der Waals surface area contributed by atoms with E-state index in [0.717, 1.165) is 50.0 Å². The van der Waals surface area contributed by atoms with E-state index in [1.54, 1.807) is 0 Å². The molecule has 2 fully saturated rings. The van der Waals surface area contributed by atoms with Gasteiger partial charge in [-0.3, -0.25) is 9.78 Å². The second kappa shape index (κ2) is 6.83. The quantitative estimate of drug-likeness (QED) is 0.622. The lowest BCUT2D eigenvalue weighted by atomic mass is 9.94. The van der Waals surface area contributed by atoms with Crippen LogP contribution in [0.1, 0.15) is 47.3 Å². The standard InChI is InChI=1S/C26H27N3O/c30-25(29-14-3-10-26(18-29)11-12-26)20-7-8-22-19(16-20)4-1-6-24(22)28-15-9-23-21(17-28)5-2-13-27-23/h1-2,4-8,13,16H,3,9-12,14-15,17-18H2. The number of fused-ring (bicyclic) bond motifs is 2. The van der Waals surface area contributed by atoms with Gasteiger partial charge >= 0.3 is 0 Å². The highest BCUT2D eigenvalue weighted by Crippen LogP contribution is 2.52. The minimum absolute atomic E-state index is 0.200. The minimum Gasteiger partial charge on any atom is -0.366 e. The molecule has 0 unspecified atom stereocenters. The van der Waals surface area contributed by atoms with Crippen molar-refractivity contribution in [2.75, 3.05) is 24.5 Å². The molecule has 1 aliphatic carbocycles. The van der Waals surface area contributed by atoms with Crippen molar-refractivity contribution in [2.24, 2.45) is 5.41 Å². The molecule has 0 radical (unpaired) electrons. The zero-order valence-electron chi connectivity index (χ0n) is 17.3. The maximum Gasteiger partial charge on any atom is 0.253 e. The average molecular weight is 398 g/mol. The topological polar surface area (TPSA) is 36.4 Å². The number of hydrogen-bond donors (Lipinski definition) is 0. The highest BCUT2D eigenvalue weighted by atomic mass is 16.2. The van der Waals surface area contributed by atoms with Crippen LogP contribution in [0, 0.1) is 5.41 Å². The molecule has 152 valence electrons. The first-order chi connectivity index (χ1) is 14.7. The van der Waals surface area contributed by atoms with Gasteiger partial charge in [-0.1, -0.05) is 24.3 Å². The first-order valence-corrected chi connectivity index (χ1v) is 11.2. The molecule has 3 aromatic rings. The summed E-state index contributed by atoms with van der Waals surface area (Å²) in [4.78, 5) is 22.3. The summed E-state index contributed by atoms with van der Waals surface area (Å²) in [5.41, 5.74) is 5.06. The van der Waals surface area contributed by atoms with Crippen molar-refractivity contribution >= 4 is 22.4 Å². The molecule has 0 atom stereocenters. The highest BCUT2D eigenvalue weighted by Gasteiger charge is 2.46. The largest absolute Gasteiger partial charge is 0.366 e. The predicted octanol–water partition coefficient (Wildman–Crippen LogP) is 4.81. The highest BCUT2D eigenvalue weighted by molar-refractivity contribution is 6.02. The van der Waals surface area contributed by atoms with Gasteiger partial charge in [-0.25, -0.2) is 0 Å². The fourth-order valence-corrected chi connectivity index (χ4v) is 5.40. The number of carbonyl (C=O) groups is 1. The molecule has 0 N–H and O–H groups in total. The third-order valence-electron chi connectivity index (χ3n) is 7.32. The molecular formula is C26H27N3O. The molecule has 2 aliphatic heterocycles. The smallest absolute Gasteiger partial charge is 0.253 e. The fraction of sp³-hybridized carbons (Fsp3) is 0.385. The molecule has 6 rings (SSSR count). The number of carbonyl (C=O) groups excluding carboxylic acids is 1. The molecule has 3 aliphatic rings. The summed E-state index contributed by atoms with van der Waals surface area (Å²) in [5.74, 6) is 0.200. The summed E-state index contributed by atoms with van der Waals surface area (Å²) in [6.07, 6.45) is 7.90. The second-order valence-electron chi connectivity index (χ2n) is 9.32. The molecule has 0 bridgehead atoms. The average Bonchev–Trinajstić information content (AvgIpc) is 3.55. The third kappa shape index (κ3) is 3.06. The number of likely N-dealkylation sites (tertiary alicyclic amines) is 1. The molecule has 2 aromatic carbocycles. The number of benzene rings is 2. The molecule has 3 heterocycles. The Labute approximate surface area is 177 Å². The minimum atomic E-state index is 0.200. The van der Waals surface area contributed by atoms with E-state index in [4.69, 9.17) is 0 Å². The summed E-state index contributed by atoms with van der Waals surface area (Å²) >= 11 is 0. The van der Waals surface area contributed by atoms with Gasteiger partial charge in [0.25, 0.3) is 5.91 Å². The van der Waals surface area contributed by atoms with Crippen LogP contribution in [0.5, 0.6) is 0 Å². The maximum atomic E-state index is 13.2. The first-order valence-electron chi connectivity index (χ1n) is 11.2. The van der Waals surface area contributed by atoms with E-state index < -0.39 is 0 Å². The Morgan fingerprint density at radius 3 is 2.83 bits per heavy atom. The summed E-state index contributed by atoms with van der Waals surface area (Å²) in [6, 6.07) is 16.9. The lowest BCUT2D eigenvalue weighted by Gasteiger charge is -2.33. The van der Waals surface area contributed by atoms with E-state index in [9.17, 15) is 4.79 Å². The van der Waals surface area contributed by atoms with Crippen LogP contribution in [0.25, 0.3) is 10.8 Å². The van der Waals surface area contributed by atoms with Crippen molar-refractivity contribution < 1.29 is 4.79 Å². The van der Waals surface area contributed by atoms with Gasteiger partial charge in [0.1, 0.15) is 0 Å². The molecule has 1 amide bonds. The van der Waals surface area contributed by atoms with Crippen LogP contribution in [0.4, 0.5) is 5.69 Å². The number of pyridine rings is 1. The maximum absolute atomic E-state index is 13.2. The number of rotatable bonds is 2. The Kier molecular flexibility index (Phi) is 4.08. The molecule has 1 aromatic heterocycles. The van der Waals surface area contributed by atoms with Gasteiger partial charge in [0, 0.05) is 61.1 Å². The van der Waals surface area contributed by atoms with E-state index in [-0.39, 0.29) is 5.91 Å². The van der Waals surface area contributed by atoms with Crippen LogP contribution in [-0.2, 0) is 13.0 Å². The summed E-state index contributed by atoms with van der Waals surface area (Å²) in [7, 11) is 0. The first kappa shape index (κ1) is 17.9. The van der Waals surface area contributed by atoms with Crippen LogP contribution in [-0.4, -0.2) is 35.4 Å². The zero-order chi connectivity index (χ0) is 20.1. The summed E-state index contributed by atoms with van der Waals surface area (Å²) < 4.78 is 0. The van der Waals surface area contributed by atoms with E-state index in [2.05, 4.69) is 51.2 Å². The number of nitrogens with zero attached hydrogens (tertiary/aromatic N) is 3. The molecule has 4 nitrogen and oxygen atoms in total. The Morgan fingerprint density at radius 1 is 1.00 bits per heavy atom. The molecule has 4 heteroatoms. The van der Waals surface area contributed by atoms with Crippen molar-refractivity contribution in [2.45, 2.75) is 38.6 Å². The van der Waals surface area contributed by atoms with Crippen molar-refractivity contribution in [1.29, 1.82) is 0 Å². The fourth-order valence-electron chi connectivity index (χ4n) is 5.40. The van der Waals surface area contributed by atoms with Gasteiger partial charge in [0.15, 0.2) is 0 Å². The zero-order valence-corrected chi connectivity index (χ0v) is 17.3. The monoisotopic (exact) mass is 397 g/mol. The number of hydrogen-bond acceptors (Lipinski definition) is 3. The Bertz CT molecular complexity index is 1130. The lowest BCUT2D eigenvalue weighted by molar-refractivity contribution is 0.0655. The van der Waals surface area contributed by atoms with Crippen molar-refractivity contribution in [1.82, 2.24) is 9.88 Å². The van der Waals surface area contributed by atoms with Crippen molar-refractivity contribution in [3.63, 3.8) is 0 Å². The van der Waals surface area contributed by atoms with Crippen molar-refractivity contribution in [3.8, 4) is 0 Å². The number of anilines is 1. The number of aromatic nitrogens is 1. The van der Waals surface area contributed by atoms with Crippen LogP contribution in [0.3, 0.4) is 0 Å². The van der Waals surface area contributed by atoms with E-state index in [0.29, 0.717) is 5.41 Å². The number of amides is 1. The molecular weight excluding hydrogens is 370 g/mol. The molecule has 1 spiro atoms. The molecule has 30 heavy (non-hydrogen) atoms. The van der Waals surface area contributed by atoms with Gasteiger partial charge < -0.3 is 9.80 Å². The molecule has 1 saturated heterocycles. The summed E-state index contributed by atoms with van der Waals surface area (Å²) in [6.45, 7) is 3.71. The van der Waals surface area contributed by atoms with E-state index in [1.807, 2.05) is 18.3 Å².